The van der Waals surface area contributed by atoms with Crippen LogP contribution in [0.25, 0.3) is 0 Å². The van der Waals surface area contributed by atoms with Crippen LogP contribution in [0, 0.1) is 5.92 Å². The molecule has 0 aliphatic carbocycles. The van der Waals surface area contributed by atoms with E-state index < -0.39 is 0 Å². The molecule has 0 N–H and O–H groups in total. The second kappa shape index (κ2) is 5.36. The third kappa shape index (κ3) is 2.90. The van der Waals surface area contributed by atoms with Gasteiger partial charge in [0.25, 0.3) is 0 Å². The summed E-state index contributed by atoms with van der Waals surface area (Å²) < 4.78 is 5.59. The van der Waals surface area contributed by atoms with Gasteiger partial charge in [0.15, 0.2) is 0 Å². The maximum atomic E-state index is 6.18. The molecule has 1 nitrogen and oxygen atoms in total. The minimum atomic E-state index is 0.339. The van der Waals surface area contributed by atoms with Gasteiger partial charge < -0.3 is 4.74 Å². The minimum Gasteiger partial charge on any atom is -0.369 e. The van der Waals surface area contributed by atoms with E-state index in [2.05, 4.69) is 13.8 Å². The lowest BCUT2D eigenvalue weighted by Gasteiger charge is -2.12. The van der Waals surface area contributed by atoms with Gasteiger partial charge in [0.2, 0.25) is 0 Å². The van der Waals surface area contributed by atoms with E-state index in [1.54, 1.807) is 12.1 Å². The van der Waals surface area contributed by atoms with Gasteiger partial charge in [-0.2, -0.15) is 0 Å². The molecule has 0 radical (unpaired) electrons. The first kappa shape index (κ1) is 13.5. The third-order valence-electron chi connectivity index (χ3n) is 3.25. The summed E-state index contributed by atoms with van der Waals surface area (Å²) in [6, 6.07) is 3.52. The van der Waals surface area contributed by atoms with Crippen molar-refractivity contribution >= 4 is 34.8 Å². The number of hydrogen-bond donors (Lipinski definition) is 0. The molecular formula is C13H15Cl3O. The van der Waals surface area contributed by atoms with Crippen LogP contribution in [0.5, 0.6) is 0 Å². The van der Waals surface area contributed by atoms with Crippen LogP contribution >= 0.6 is 34.8 Å². The van der Waals surface area contributed by atoms with Gasteiger partial charge in [0.05, 0.1) is 22.3 Å². The van der Waals surface area contributed by atoms with E-state index in [-0.39, 0.29) is 0 Å². The first-order valence-corrected chi connectivity index (χ1v) is 6.95. The summed E-state index contributed by atoms with van der Waals surface area (Å²) in [5.41, 5.74) is 0.929. The lowest BCUT2D eigenvalue weighted by Crippen LogP contribution is -2.10. The second-order valence-electron chi connectivity index (χ2n) is 4.55. The molecule has 1 aliphatic rings. The highest BCUT2D eigenvalue weighted by Crippen LogP contribution is 2.38. The number of rotatable bonds is 4. The summed E-state index contributed by atoms with van der Waals surface area (Å²) in [6.45, 7) is 4.30. The van der Waals surface area contributed by atoms with Crippen molar-refractivity contribution in [3.8, 4) is 0 Å². The van der Waals surface area contributed by atoms with E-state index in [0.29, 0.717) is 33.2 Å². The normalized spacial score (nSPS) is 24.8. The molecule has 0 amide bonds. The molecule has 1 heterocycles. The molecule has 1 aromatic carbocycles. The summed E-state index contributed by atoms with van der Waals surface area (Å²) in [4.78, 5) is 0. The number of epoxide rings is 1. The Balaban J connectivity index is 2.11. The van der Waals surface area contributed by atoms with E-state index in [4.69, 9.17) is 39.5 Å². The topological polar surface area (TPSA) is 12.5 Å². The largest absolute Gasteiger partial charge is 0.369 e. The van der Waals surface area contributed by atoms with Crippen LogP contribution in [-0.2, 0) is 11.2 Å². The van der Waals surface area contributed by atoms with Gasteiger partial charge in [-0.05, 0) is 36.5 Å². The molecule has 2 rings (SSSR count). The zero-order valence-corrected chi connectivity index (χ0v) is 12.1. The Bertz CT molecular complexity index is 419. The van der Waals surface area contributed by atoms with Crippen molar-refractivity contribution in [3.63, 3.8) is 0 Å². The van der Waals surface area contributed by atoms with Crippen molar-refractivity contribution < 1.29 is 4.74 Å². The van der Waals surface area contributed by atoms with E-state index in [1.165, 1.54) is 0 Å². The monoisotopic (exact) mass is 292 g/mol. The fraction of sp³-hybridized carbons (Fsp3) is 0.538. The smallest absolute Gasteiger partial charge is 0.0870 e. The predicted molar refractivity (Wildman–Crippen MR) is 73.3 cm³/mol. The lowest BCUT2D eigenvalue weighted by atomic mass is 9.96. The summed E-state index contributed by atoms with van der Waals surface area (Å²) in [7, 11) is 0. The number of benzene rings is 1. The van der Waals surface area contributed by atoms with Crippen LogP contribution in [0.1, 0.15) is 25.8 Å². The second-order valence-corrected chi connectivity index (χ2v) is 5.74. The van der Waals surface area contributed by atoms with Gasteiger partial charge in [-0.15, -0.1) is 0 Å². The van der Waals surface area contributed by atoms with Crippen LogP contribution in [0.2, 0.25) is 15.1 Å². The first-order valence-electron chi connectivity index (χ1n) is 5.82. The van der Waals surface area contributed by atoms with Crippen LogP contribution in [0.15, 0.2) is 12.1 Å². The van der Waals surface area contributed by atoms with Gasteiger partial charge in [-0.1, -0.05) is 48.7 Å². The Morgan fingerprint density at radius 1 is 1.24 bits per heavy atom. The summed E-state index contributed by atoms with van der Waals surface area (Å²) in [6.07, 6.45) is 2.61. The molecule has 3 atom stereocenters. The van der Waals surface area contributed by atoms with Gasteiger partial charge in [-0.3, -0.25) is 0 Å². The van der Waals surface area contributed by atoms with Crippen molar-refractivity contribution in [2.75, 3.05) is 0 Å². The highest BCUT2D eigenvalue weighted by molar-refractivity contribution is 6.44. The molecule has 3 unspecified atom stereocenters. The number of ether oxygens (including phenoxy) is 1. The van der Waals surface area contributed by atoms with Crippen molar-refractivity contribution in [2.45, 2.75) is 38.9 Å². The van der Waals surface area contributed by atoms with Gasteiger partial charge in [0.1, 0.15) is 0 Å². The summed E-state index contributed by atoms with van der Waals surface area (Å²) in [5.74, 6) is 0.411. The molecular weight excluding hydrogens is 279 g/mol. The quantitative estimate of drug-likeness (QED) is 0.562. The highest BCUT2D eigenvalue weighted by Gasteiger charge is 2.41. The molecule has 1 saturated heterocycles. The zero-order valence-electron chi connectivity index (χ0n) is 9.84. The third-order valence-corrected chi connectivity index (χ3v) is 4.45. The fourth-order valence-corrected chi connectivity index (χ4v) is 2.88. The number of halogens is 3. The van der Waals surface area contributed by atoms with Crippen LogP contribution in [-0.4, -0.2) is 12.2 Å². The van der Waals surface area contributed by atoms with Gasteiger partial charge in [-0.25, -0.2) is 0 Å². The van der Waals surface area contributed by atoms with Crippen LogP contribution < -0.4 is 0 Å². The first-order chi connectivity index (χ1) is 8.04. The van der Waals surface area contributed by atoms with E-state index in [1.807, 2.05) is 0 Å². The molecule has 0 aromatic heterocycles. The fourth-order valence-electron chi connectivity index (χ4n) is 2.18. The molecule has 1 aromatic rings. The molecule has 17 heavy (non-hydrogen) atoms. The Labute approximate surface area is 117 Å². The Kier molecular flexibility index (Phi) is 4.25. The molecule has 0 saturated carbocycles. The van der Waals surface area contributed by atoms with E-state index >= 15 is 0 Å². The molecule has 0 bridgehead atoms. The van der Waals surface area contributed by atoms with E-state index in [9.17, 15) is 0 Å². The van der Waals surface area contributed by atoms with Gasteiger partial charge in [0, 0.05) is 5.02 Å². The predicted octanol–water partition coefficient (Wildman–Crippen LogP) is 5.00. The van der Waals surface area contributed by atoms with Gasteiger partial charge >= 0.3 is 0 Å². The molecule has 1 aliphatic heterocycles. The Morgan fingerprint density at radius 3 is 2.47 bits per heavy atom. The minimum absolute atomic E-state index is 0.339. The lowest BCUT2D eigenvalue weighted by molar-refractivity contribution is 0.322. The molecule has 4 heteroatoms. The van der Waals surface area contributed by atoms with Crippen molar-refractivity contribution in [1.29, 1.82) is 0 Å². The molecule has 1 fully saturated rings. The van der Waals surface area contributed by atoms with Crippen LogP contribution in [0.3, 0.4) is 0 Å². The summed E-state index contributed by atoms with van der Waals surface area (Å²) >= 11 is 18.3. The van der Waals surface area contributed by atoms with Crippen molar-refractivity contribution in [3.05, 3.63) is 32.8 Å². The Morgan fingerprint density at radius 2 is 1.88 bits per heavy atom. The standard InChI is InChI=1S/C13H15Cl3O/c1-3-11-13(17-11)7(2)6-8-9(14)4-5-10(15)12(8)16/h4-5,7,11,13H,3,6H2,1-2H3. The SMILES string of the molecule is CCC1OC1C(C)Cc1c(Cl)ccc(Cl)c1Cl. The average Bonchev–Trinajstić information content (AvgIpc) is 3.09. The van der Waals surface area contributed by atoms with Crippen LogP contribution in [0.4, 0.5) is 0 Å². The van der Waals surface area contributed by atoms with Crippen molar-refractivity contribution in [1.82, 2.24) is 0 Å². The van der Waals surface area contributed by atoms with Crippen molar-refractivity contribution in [2.24, 2.45) is 5.92 Å². The zero-order chi connectivity index (χ0) is 12.6. The van der Waals surface area contributed by atoms with E-state index in [0.717, 1.165) is 18.4 Å². The molecule has 0 spiro atoms. The maximum Gasteiger partial charge on any atom is 0.0870 e. The summed E-state index contributed by atoms with van der Waals surface area (Å²) in [5, 5.41) is 1.81. The number of hydrogen-bond acceptors (Lipinski definition) is 1. The average molecular weight is 294 g/mol. The maximum absolute atomic E-state index is 6.18. The Hall–Kier alpha value is 0.0500. The molecule has 94 valence electrons. The highest BCUT2D eigenvalue weighted by atomic mass is 35.5.